The molecule has 0 unspecified atom stereocenters. The minimum atomic E-state index is -0.166. The standard InChI is InChI=1S/C26H27ClN2O3/c1-4-31-25-14-21(8-12-24(25)32-17-20-6-10-23(27)11-7-20)16-28-29-26(30)15-22-9-5-18(2)13-19(22)3/h5-14,16H,4,15,17H2,1-3H3,(H,29,30)/b28-16+. The number of halogens is 1. The summed E-state index contributed by atoms with van der Waals surface area (Å²) in [7, 11) is 0. The molecule has 0 bridgehead atoms. The van der Waals surface area contributed by atoms with Gasteiger partial charge < -0.3 is 9.47 Å². The van der Waals surface area contributed by atoms with E-state index in [0.29, 0.717) is 29.7 Å². The minimum Gasteiger partial charge on any atom is -0.490 e. The van der Waals surface area contributed by atoms with Crippen molar-refractivity contribution < 1.29 is 14.3 Å². The predicted octanol–water partition coefficient (Wildman–Crippen LogP) is 5.63. The first-order chi connectivity index (χ1) is 15.4. The Bertz CT molecular complexity index is 1090. The summed E-state index contributed by atoms with van der Waals surface area (Å²) in [6, 6.07) is 19.1. The Labute approximate surface area is 194 Å². The molecule has 0 aliphatic heterocycles. The summed E-state index contributed by atoms with van der Waals surface area (Å²) in [5.74, 6) is 1.09. The Balaban J connectivity index is 1.60. The van der Waals surface area contributed by atoms with Gasteiger partial charge in [-0.05, 0) is 73.4 Å². The second-order valence-electron chi connectivity index (χ2n) is 7.45. The lowest BCUT2D eigenvalue weighted by Gasteiger charge is -2.12. The van der Waals surface area contributed by atoms with Gasteiger partial charge in [-0.3, -0.25) is 4.79 Å². The normalized spacial score (nSPS) is 10.9. The van der Waals surface area contributed by atoms with E-state index in [9.17, 15) is 4.79 Å². The zero-order chi connectivity index (χ0) is 22.9. The number of nitrogens with zero attached hydrogens (tertiary/aromatic N) is 1. The Morgan fingerprint density at radius 3 is 2.50 bits per heavy atom. The molecule has 5 nitrogen and oxygen atoms in total. The maximum atomic E-state index is 12.2. The van der Waals surface area contributed by atoms with E-state index in [-0.39, 0.29) is 12.3 Å². The van der Waals surface area contributed by atoms with Crippen LogP contribution in [0.2, 0.25) is 5.02 Å². The molecule has 0 atom stereocenters. The summed E-state index contributed by atoms with van der Waals surface area (Å²) in [6.45, 7) is 6.86. The predicted molar refractivity (Wildman–Crippen MR) is 129 cm³/mol. The molecule has 0 saturated carbocycles. The highest BCUT2D eigenvalue weighted by Gasteiger charge is 2.08. The molecular weight excluding hydrogens is 424 g/mol. The van der Waals surface area contributed by atoms with E-state index in [1.807, 2.05) is 75.4 Å². The second kappa shape index (κ2) is 11.3. The third-order valence-corrected chi connectivity index (χ3v) is 5.08. The molecule has 0 heterocycles. The van der Waals surface area contributed by atoms with Gasteiger partial charge in [0.2, 0.25) is 5.91 Å². The highest BCUT2D eigenvalue weighted by molar-refractivity contribution is 6.30. The van der Waals surface area contributed by atoms with E-state index in [1.54, 1.807) is 6.21 Å². The van der Waals surface area contributed by atoms with Gasteiger partial charge >= 0.3 is 0 Å². The molecule has 166 valence electrons. The maximum Gasteiger partial charge on any atom is 0.244 e. The van der Waals surface area contributed by atoms with Gasteiger partial charge in [-0.2, -0.15) is 5.10 Å². The molecule has 6 heteroatoms. The number of ether oxygens (including phenoxy) is 2. The van der Waals surface area contributed by atoms with Crippen LogP contribution in [-0.4, -0.2) is 18.7 Å². The van der Waals surface area contributed by atoms with Crippen LogP contribution in [-0.2, 0) is 17.8 Å². The van der Waals surface area contributed by atoms with Gasteiger partial charge in [0.25, 0.3) is 0 Å². The maximum absolute atomic E-state index is 12.2. The van der Waals surface area contributed by atoms with Gasteiger partial charge in [-0.1, -0.05) is 47.5 Å². The molecule has 32 heavy (non-hydrogen) atoms. The lowest BCUT2D eigenvalue weighted by Crippen LogP contribution is -2.20. The molecule has 0 fully saturated rings. The molecule has 0 aromatic heterocycles. The van der Waals surface area contributed by atoms with E-state index in [4.69, 9.17) is 21.1 Å². The largest absolute Gasteiger partial charge is 0.490 e. The molecule has 3 aromatic carbocycles. The number of hydrogen-bond acceptors (Lipinski definition) is 4. The first-order valence-electron chi connectivity index (χ1n) is 10.5. The number of rotatable bonds is 9. The van der Waals surface area contributed by atoms with Crippen molar-refractivity contribution in [3.05, 3.63) is 93.5 Å². The number of nitrogens with one attached hydrogen (secondary N) is 1. The van der Waals surface area contributed by atoms with Crippen LogP contribution in [0, 0.1) is 13.8 Å². The quantitative estimate of drug-likeness (QED) is 0.339. The van der Waals surface area contributed by atoms with Crippen molar-refractivity contribution in [1.82, 2.24) is 5.43 Å². The molecule has 1 amide bonds. The molecule has 3 rings (SSSR count). The van der Waals surface area contributed by atoms with Crippen molar-refractivity contribution >= 4 is 23.7 Å². The van der Waals surface area contributed by atoms with Crippen LogP contribution in [0.1, 0.15) is 34.7 Å². The first-order valence-corrected chi connectivity index (χ1v) is 10.8. The smallest absolute Gasteiger partial charge is 0.244 e. The molecule has 0 aliphatic carbocycles. The highest BCUT2D eigenvalue weighted by atomic mass is 35.5. The van der Waals surface area contributed by atoms with Crippen molar-refractivity contribution in [3.8, 4) is 11.5 Å². The van der Waals surface area contributed by atoms with Gasteiger partial charge in [0.15, 0.2) is 11.5 Å². The third-order valence-electron chi connectivity index (χ3n) is 4.83. The van der Waals surface area contributed by atoms with Crippen LogP contribution in [0.3, 0.4) is 0 Å². The molecule has 0 radical (unpaired) electrons. The summed E-state index contributed by atoms with van der Waals surface area (Å²) < 4.78 is 11.6. The number of aryl methyl sites for hydroxylation is 2. The Hall–Kier alpha value is -3.31. The van der Waals surface area contributed by atoms with Crippen LogP contribution >= 0.6 is 11.6 Å². The van der Waals surface area contributed by atoms with Gasteiger partial charge in [0.05, 0.1) is 19.2 Å². The summed E-state index contributed by atoms with van der Waals surface area (Å²) >= 11 is 5.93. The van der Waals surface area contributed by atoms with E-state index in [2.05, 4.69) is 16.6 Å². The van der Waals surface area contributed by atoms with E-state index < -0.39 is 0 Å². The topological polar surface area (TPSA) is 59.9 Å². The fraction of sp³-hybridized carbons (Fsp3) is 0.231. The summed E-state index contributed by atoms with van der Waals surface area (Å²) in [5.41, 5.74) is 7.65. The molecular formula is C26H27ClN2O3. The van der Waals surface area contributed by atoms with Crippen LogP contribution in [0.5, 0.6) is 11.5 Å². The number of carbonyl (C=O) groups excluding carboxylic acids is 1. The van der Waals surface area contributed by atoms with E-state index >= 15 is 0 Å². The van der Waals surface area contributed by atoms with Crippen molar-refractivity contribution in [3.63, 3.8) is 0 Å². The van der Waals surface area contributed by atoms with Crippen molar-refractivity contribution in [2.24, 2.45) is 5.10 Å². The molecule has 0 saturated heterocycles. The summed E-state index contributed by atoms with van der Waals surface area (Å²) in [5, 5.41) is 4.77. The van der Waals surface area contributed by atoms with Crippen molar-refractivity contribution in [1.29, 1.82) is 0 Å². The van der Waals surface area contributed by atoms with Crippen molar-refractivity contribution in [2.45, 2.75) is 33.8 Å². The average molecular weight is 451 g/mol. The van der Waals surface area contributed by atoms with E-state index in [1.165, 1.54) is 5.56 Å². The number of hydrogen-bond donors (Lipinski definition) is 1. The van der Waals surface area contributed by atoms with Gasteiger partial charge in [0.1, 0.15) is 6.61 Å². The Morgan fingerprint density at radius 2 is 1.78 bits per heavy atom. The fourth-order valence-corrected chi connectivity index (χ4v) is 3.30. The van der Waals surface area contributed by atoms with Crippen molar-refractivity contribution in [2.75, 3.05) is 6.61 Å². The van der Waals surface area contributed by atoms with Gasteiger partial charge in [-0.15, -0.1) is 0 Å². The average Bonchev–Trinajstić information content (AvgIpc) is 2.76. The summed E-state index contributed by atoms with van der Waals surface area (Å²) in [6.07, 6.45) is 1.87. The highest BCUT2D eigenvalue weighted by Crippen LogP contribution is 2.29. The SMILES string of the molecule is CCOc1cc(/C=N/NC(=O)Cc2ccc(C)cc2C)ccc1OCc1ccc(Cl)cc1. The zero-order valence-corrected chi connectivity index (χ0v) is 19.3. The first kappa shape index (κ1) is 23.4. The molecule has 0 aliphatic rings. The third kappa shape index (κ3) is 6.86. The van der Waals surface area contributed by atoms with Crippen LogP contribution < -0.4 is 14.9 Å². The number of amides is 1. The van der Waals surface area contributed by atoms with Crippen LogP contribution in [0.25, 0.3) is 0 Å². The zero-order valence-electron chi connectivity index (χ0n) is 18.5. The Kier molecular flexibility index (Phi) is 8.28. The summed E-state index contributed by atoms with van der Waals surface area (Å²) in [4.78, 5) is 12.2. The molecule has 3 aromatic rings. The van der Waals surface area contributed by atoms with Crippen LogP contribution in [0.15, 0.2) is 65.8 Å². The van der Waals surface area contributed by atoms with Gasteiger partial charge in [0, 0.05) is 5.02 Å². The number of hydrazone groups is 1. The lowest BCUT2D eigenvalue weighted by molar-refractivity contribution is -0.120. The minimum absolute atomic E-state index is 0.166. The fourth-order valence-electron chi connectivity index (χ4n) is 3.17. The monoisotopic (exact) mass is 450 g/mol. The molecule has 0 spiro atoms. The lowest BCUT2D eigenvalue weighted by atomic mass is 10.0. The van der Waals surface area contributed by atoms with Gasteiger partial charge in [-0.25, -0.2) is 5.43 Å². The van der Waals surface area contributed by atoms with Crippen LogP contribution in [0.4, 0.5) is 0 Å². The number of carbonyl (C=O) groups is 1. The van der Waals surface area contributed by atoms with E-state index in [0.717, 1.165) is 22.3 Å². The Morgan fingerprint density at radius 1 is 1.00 bits per heavy atom. The molecule has 1 N–H and O–H groups in total. The second-order valence-corrected chi connectivity index (χ2v) is 7.89. The number of benzene rings is 3.